The Balaban J connectivity index is 1.86. The minimum Gasteiger partial charge on any atom is -0.312 e. The van der Waals surface area contributed by atoms with Crippen molar-refractivity contribution in [2.24, 2.45) is 0 Å². The van der Waals surface area contributed by atoms with Crippen LogP contribution in [0.2, 0.25) is 0 Å². The molecule has 4 heteroatoms. The zero-order valence-electron chi connectivity index (χ0n) is 10.8. The van der Waals surface area contributed by atoms with Gasteiger partial charge in [-0.1, -0.05) is 24.6 Å². The van der Waals surface area contributed by atoms with E-state index in [0.29, 0.717) is 0 Å². The molecule has 18 heavy (non-hydrogen) atoms. The van der Waals surface area contributed by atoms with Crippen molar-refractivity contribution in [3.63, 3.8) is 0 Å². The maximum absolute atomic E-state index is 4.46. The van der Waals surface area contributed by atoms with Crippen LogP contribution < -0.4 is 5.32 Å². The lowest BCUT2D eigenvalue weighted by Gasteiger charge is -1.99. The van der Waals surface area contributed by atoms with E-state index >= 15 is 0 Å². The van der Waals surface area contributed by atoms with Crippen LogP contribution in [0.25, 0.3) is 0 Å². The van der Waals surface area contributed by atoms with Gasteiger partial charge in [0, 0.05) is 22.5 Å². The molecule has 0 atom stereocenters. The highest BCUT2D eigenvalue weighted by Gasteiger charge is 2.02. The minimum absolute atomic E-state index is 0.934. The first kappa shape index (κ1) is 13.6. The number of nitrogens with one attached hydrogen (secondary N) is 1. The summed E-state index contributed by atoms with van der Waals surface area (Å²) in [7, 11) is 0. The highest BCUT2D eigenvalue weighted by atomic mass is 32.2. The van der Waals surface area contributed by atoms with Crippen LogP contribution >= 0.6 is 23.1 Å². The smallest absolute Gasteiger partial charge is 0.103 e. The van der Waals surface area contributed by atoms with Gasteiger partial charge >= 0.3 is 0 Å². The molecule has 2 rings (SSSR count). The SMILES string of the molecule is CCNCc1cnc(CSc2ccc(C)cc2)s1. The van der Waals surface area contributed by atoms with Crippen molar-refractivity contribution >= 4 is 23.1 Å². The van der Waals surface area contributed by atoms with Crippen molar-refractivity contribution in [3.8, 4) is 0 Å². The van der Waals surface area contributed by atoms with Crippen LogP contribution in [0.15, 0.2) is 35.4 Å². The third-order valence-electron chi connectivity index (χ3n) is 2.53. The summed E-state index contributed by atoms with van der Waals surface area (Å²) in [6, 6.07) is 8.65. The minimum atomic E-state index is 0.934. The molecule has 0 saturated carbocycles. The van der Waals surface area contributed by atoms with E-state index in [1.165, 1.54) is 20.3 Å². The molecule has 0 amide bonds. The Hall–Kier alpha value is -0.840. The summed E-state index contributed by atoms with van der Waals surface area (Å²) >= 11 is 3.65. The van der Waals surface area contributed by atoms with Crippen LogP contribution in [0.4, 0.5) is 0 Å². The van der Waals surface area contributed by atoms with Crippen molar-refractivity contribution in [2.45, 2.75) is 31.0 Å². The van der Waals surface area contributed by atoms with Crippen LogP contribution in [0.3, 0.4) is 0 Å². The summed E-state index contributed by atoms with van der Waals surface area (Å²) in [6.45, 7) is 6.17. The first-order chi connectivity index (χ1) is 8.78. The summed E-state index contributed by atoms with van der Waals surface area (Å²) < 4.78 is 0. The summed E-state index contributed by atoms with van der Waals surface area (Å²) in [5.41, 5.74) is 1.31. The molecule has 1 heterocycles. The first-order valence-corrected chi connectivity index (χ1v) is 7.92. The number of benzene rings is 1. The molecule has 0 bridgehead atoms. The normalized spacial score (nSPS) is 10.8. The van der Waals surface area contributed by atoms with E-state index in [1.807, 2.05) is 18.0 Å². The molecule has 1 aromatic heterocycles. The molecule has 0 unspecified atom stereocenters. The van der Waals surface area contributed by atoms with Gasteiger partial charge in [0.1, 0.15) is 5.01 Å². The first-order valence-electron chi connectivity index (χ1n) is 6.11. The molecule has 2 aromatic rings. The molecule has 0 aliphatic carbocycles. The second-order valence-corrected chi connectivity index (χ2v) is 6.35. The predicted octanol–water partition coefficient (Wildman–Crippen LogP) is 3.85. The molecular weight excluding hydrogens is 260 g/mol. The average molecular weight is 278 g/mol. The second kappa shape index (κ2) is 6.92. The van der Waals surface area contributed by atoms with E-state index in [4.69, 9.17) is 0 Å². The largest absolute Gasteiger partial charge is 0.312 e. The second-order valence-electron chi connectivity index (χ2n) is 4.10. The van der Waals surface area contributed by atoms with Gasteiger partial charge in [-0.15, -0.1) is 23.1 Å². The number of hydrogen-bond donors (Lipinski definition) is 1. The molecule has 1 N–H and O–H groups in total. The Morgan fingerprint density at radius 3 is 2.78 bits per heavy atom. The third kappa shape index (κ3) is 4.12. The van der Waals surface area contributed by atoms with Crippen molar-refractivity contribution in [1.82, 2.24) is 10.3 Å². The van der Waals surface area contributed by atoms with Crippen molar-refractivity contribution < 1.29 is 0 Å². The fraction of sp³-hybridized carbons (Fsp3) is 0.357. The van der Waals surface area contributed by atoms with E-state index in [9.17, 15) is 0 Å². The average Bonchev–Trinajstić information content (AvgIpc) is 2.84. The number of thiazole rings is 1. The van der Waals surface area contributed by atoms with Gasteiger partial charge in [-0.25, -0.2) is 4.98 Å². The van der Waals surface area contributed by atoms with Gasteiger partial charge in [-0.05, 0) is 25.6 Å². The molecule has 2 nitrogen and oxygen atoms in total. The Morgan fingerprint density at radius 1 is 1.28 bits per heavy atom. The molecule has 0 saturated heterocycles. The zero-order chi connectivity index (χ0) is 12.8. The van der Waals surface area contributed by atoms with Gasteiger partial charge in [0.25, 0.3) is 0 Å². The topological polar surface area (TPSA) is 24.9 Å². The van der Waals surface area contributed by atoms with Gasteiger partial charge in [0.2, 0.25) is 0 Å². The van der Waals surface area contributed by atoms with Crippen molar-refractivity contribution in [1.29, 1.82) is 0 Å². The number of rotatable bonds is 6. The molecule has 0 spiro atoms. The Labute approximate surface area is 117 Å². The number of nitrogens with zero attached hydrogens (tertiary/aromatic N) is 1. The lowest BCUT2D eigenvalue weighted by atomic mass is 10.2. The van der Waals surface area contributed by atoms with Crippen LogP contribution in [0.1, 0.15) is 22.4 Å². The fourth-order valence-corrected chi connectivity index (χ4v) is 3.32. The molecule has 96 valence electrons. The Kier molecular flexibility index (Phi) is 5.23. The third-order valence-corrected chi connectivity index (χ3v) is 4.74. The highest BCUT2D eigenvalue weighted by molar-refractivity contribution is 7.98. The molecule has 1 aromatic carbocycles. The lowest BCUT2D eigenvalue weighted by molar-refractivity contribution is 0.734. The summed E-state index contributed by atoms with van der Waals surface area (Å²) in [5, 5.41) is 4.52. The summed E-state index contributed by atoms with van der Waals surface area (Å²) in [4.78, 5) is 7.08. The van der Waals surface area contributed by atoms with E-state index in [2.05, 4.69) is 48.4 Å². The molecule has 0 aliphatic rings. The van der Waals surface area contributed by atoms with E-state index in [0.717, 1.165) is 18.8 Å². The predicted molar refractivity (Wildman–Crippen MR) is 80.2 cm³/mol. The van der Waals surface area contributed by atoms with Gasteiger partial charge in [-0.3, -0.25) is 0 Å². The van der Waals surface area contributed by atoms with Gasteiger partial charge in [-0.2, -0.15) is 0 Å². The monoisotopic (exact) mass is 278 g/mol. The Bertz CT molecular complexity index is 477. The van der Waals surface area contributed by atoms with Gasteiger partial charge in [0.05, 0.1) is 5.75 Å². The van der Waals surface area contributed by atoms with Gasteiger partial charge in [0.15, 0.2) is 0 Å². The van der Waals surface area contributed by atoms with Crippen molar-refractivity contribution in [3.05, 3.63) is 45.9 Å². The molecule has 0 fully saturated rings. The number of hydrogen-bond acceptors (Lipinski definition) is 4. The van der Waals surface area contributed by atoms with E-state index in [-0.39, 0.29) is 0 Å². The van der Waals surface area contributed by atoms with E-state index in [1.54, 1.807) is 11.3 Å². The van der Waals surface area contributed by atoms with E-state index < -0.39 is 0 Å². The number of aryl methyl sites for hydroxylation is 1. The lowest BCUT2D eigenvalue weighted by Crippen LogP contribution is -2.10. The fourth-order valence-electron chi connectivity index (χ4n) is 1.52. The standard InChI is InChI=1S/C14H18N2S2/c1-3-15-8-13-9-16-14(18-13)10-17-12-6-4-11(2)5-7-12/h4-7,9,15H,3,8,10H2,1-2H3. The maximum atomic E-state index is 4.46. The van der Waals surface area contributed by atoms with Crippen LogP contribution in [0.5, 0.6) is 0 Å². The summed E-state index contributed by atoms with van der Waals surface area (Å²) in [5.74, 6) is 0.958. The van der Waals surface area contributed by atoms with Crippen LogP contribution in [-0.4, -0.2) is 11.5 Å². The number of aromatic nitrogens is 1. The van der Waals surface area contributed by atoms with Crippen molar-refractivity contribution in [2.75, 3.05) is 6.54 Å². The summed E-state index contributed by atoms with van der Waals surface area (Å²) in [6.07, 6.45) is 1.98. The maximum Gasteiger partial charge on any atom is 0.103 e. The molecule has 0 radical (unpaired) electrons. The van der Waals surface area contributed by atoms with Crippen LogP contribution in [-0.2, 0) is 12.3 Å². The zero-order valence-corrected chi connectivity index (χ0v) is 12.4. The Morgan fingerprint density at radius 2 is 2.06 bits per heavy atom. The highest BCUT2D eigenvalue weighted by Crippen LogP contribution is 2.25. The molecule has 0 aliphatic heterocycles. The van der Waals surface area contributed by atoms with Gasteiger partial charge < -0.3 is 5.32 Å². The molecular formula is C14H18N2S2. The number of thioether (sulfide) groups is 1. The quantitative estimate of drug-likeness (QED) is 0.812. The van der Waals surface area contributed by atoms with Crippen LogP contribution in [0, 0.1) is 6.92 Å².